The van der Waals surface area contributed by atoms with Gasteiger partial charge in [-0.05, 0) is 31.5 Å². The van der Waals surface area contributed by atoms with Gasteiger partial charge < -0.3 is 10.1 Å². The highest BCUT2D eigenvalue weighted by molar-refractivity contribution is 6.23. The zero-order chi connectivity index (χ0) is 16.7. The van der Waals surface area contributed by atoms with Crippen LogP contribution in [0.2, 0.25) is 0 Å². The number of rotatable bonds is 3. The molecule has 1 fully saturated rings. The quantitative estimate of drug-likeness (QED) is 0.872. The molecule has 2 rings (SSSR count). The number of methoxy groups -OCH3 is 1. The van der Waals surface area contributed by atoms with Crippen molar-refractivity contribution < 1.29 is 27.5 Å². The van der Waals surface area contributed by atoms with Gasteiger partial charge >= 0.3 is 12.2 Å². The van der Waals surface area contributed by atoms with Gasteiger partial charge in [0, 0.05) is 7.11 Å². The number of halogens is 3. The fourth-order valence-corrected chi connectivity index (χ4v) is 2.46. The number of nitrogens with one attached hydrogen (secondary N) is 1. The van der Waals surface area contributed by atoms with Crippen LogP contribution in [0.15, 0.2) is 18.2 Å². The van der Waals surface area contributed by atoms with E-state index in [0.717, 1.165) is 17.0 Å². The number of nitrogens with zero attached hydrogens (tertiary/aromatic N) is 1. The van der Waals surface area contributed by atoms with E-state index < -0.39 is 29.2 Å². The molecule has 1 N–H and O–H groups in total. The standard InChI is InChI=1S/C14H15F3N2O3/c1-8-9(14(15,16)17)5-4-6-10(8)19-11(20)13(2,7-22-3)18-12(19)21/h4-6H,7H2,1-3H3,(H,18,21). The predicted molar refractivity (Wildman–Crippen MR) is 72.5 cm³/mol. The van der Waals surface area contributed by atoms with Crippen molar-refractivity contribution in [2.24, 2.45) is 0 Å². The molecule has 1 atom stereocenters. The number of imide groups is 1. The van der Waals surface area contributed by atoms with E-state index in [4.69, 9.17) is 4.74 Å². The molecule has 0 aromatic heterocycles. The third kappa shape index (κ3) is 2.54. The van der Waals surface area contributed by atoms with Crippen molar-refractivity contribution >= 4 is 17.6 Å². The van der Waals surface area contributed by atoms with Gasteiger partial charge in [0.2, 0.25) is 0 Å². The molecule has 8 heteroatoms. The van der Waals surface area contributed by atoms with Gasteiger partial charge in [-0.15, -0.1) is 0 Å². The number of carbonyl (C=O) groups is 2. The summed E-state index contributed by atoms with van der Waals surface area (Å²) < 4.78 is 43.8. The maximum atomic E-state index is 13.0. The van der Waals surface area contributed by atoms with Gasteiger partial charge in [0.05, 0.1) is 17.9 Å². The van der Waals surface area contributed by atoms with Gasteiger partial charge in [-0.1, -0.05) is 6.07 Å². The lowest BCUT2D eigenvalue weighted by molar-refractivity contribution is -0.138. The summed E-state index contributed by atoms with van der Waals surface area (Å²) in [5, 5.41) is 2.45. The SMILES string of the molecule is COCC1(C)NC(=O)N(c2cccc(C(F)(F)F)c2C)C1=O. The van der Waals surface area contributed by atoms with E-state index in [1.165, 1.54) is 27.0 Å². The Morgan fingerprint density at radius 1 is 1.32 bits per heavy atom. The molecule has 1 heterocycles. The second-order valence-corrected chi connectivity index (χ2v) is 5.28. The lowest BCUT2D eigenvalue weighted by atomic mass is 10.0. The topological polar surface area (TPSA) is 58.6 Å². The number of carbonyl (C=O) groups excluding carboxylic acids is 2. The summed E-state index contributed by atoms with van der Waals surface area (Å²) in [5.74, 6) is -0.651. The van der Waals surface area contributed by atoms with Gasteiger partial charge in [-0.3, -0.25) is 4.79 Å². The smallest absolute Gasteiger partial charge is 0.382 e. The molecule has 0 radical (unpaired) electrons. The zero-order valence-corrected chi connectivity index (χ0v) is 12.2. The molecule has 0 saturated carbocycles. The Morgan fingerprint density at radius 3 is 2.50 bits per heavy atom. The zero-order valence-electron chi connectivity index (χ0n) is 12.2. The second-order valence-electron chi connectivity index (χ2n) is 5.28. The Bertz CT molecular complexity index is 630. The number of alkyl halides is 3. The van der Waals surface area contributed by atoms with Gasteiger partial charge in [-0.2, -0.15) is 13.2 Å². The van der Waals surface area contributed by atoms with E-state index in [9.17, 15) is 22.8 Å². The molecule has 1 aliphatic rings. The van der Waals surface area contributed by atoms with Crippen LogP contribution in [0.1, 0.15) is 18.1 Å². The van der Waals surface area contributed by atoms with Crippen molar-refractivity contribution in [2.75, 3.05) is 18.6 Å². The maximum absolute atomic E-state index is 13.0. The first kappa shape index (κ1) is 16.3. The van der Waals surface area contributed by atoms with Crippen LogP contribution in [0.5, 0.6) is 0 Å². The number of benzene rings is 1. The molecule has 3 amide bonds. The summed E-state index contributed by atoms with van der Waals surface area (Å²) in [6.07, 6.45) is -4.56. The summed E-state index contributed by atoms with van der Waals surface area (Å²) in [4.78, 5) is 25.2. The Balaban J connectivity index is 2.49. The van der Waals surface area contributed by atoms with Crippen LogP contribution in [-0.2, 0) is 15.7 Å². The highest BCUT2D eigenvalue weighted by Gasteiger charge is 2.49. The number of hydrogen-bond donors (Lipinski definition) is 1. The van der Waals surface area contributed by atoms with E-state index in [-0.39, 0.29) is 17.9 Å². The fraction of sp³-hybridized carbons (Fsp3) is 0.429. The molecular formula is C14H15F3N2O3. The average molecular weight is 316 g/mol. The van der Waals surface area contributed by atoms with Crippen molar-refractivity contribution in [1.82, 2.24) is 5.32 Å². The molecule has 22 heavy (non-hydrogen) atoms. The summed E-state index contributed by atoms with van der Waals surface area (Å²) in [5.41, 5.74) is -2.45. The molecule has 1 unspecified atom stereocenters. The lowest BCUT2D eigenvalue weighted by Gasteiger charge is -2.22. The number of ether oxygens (including phenoxy) is 1. The summed E-state index contributed by atoms with van der Waals surface area (Å²) in [6.45, 7) is 2.61. The van der Waals surface area contributed by atoms with Crippen molar-refractivity contribution in [1.29, 1.82) is 0 Å². The van der Waals surface area contributed by atoms with Crippen LogP contribution in [0.3, 0.4) is 0 Å². The Morgan fingerprint density at radius 2 is 1.95 bits per heavy atom. The van der Waals surface area contributed by atoms with Crippen LogP contribution in [0, 0.1) is 6.92 Å². The van der Waals surface area contributed by atoms with Crippen LogP contribution in [0.25, 0.3) is 0 Å². The maximum Gasteiger partial charge on any atom is 0.416 e. The van der Waals surface area contributed by atoms with Crippen LogP contribution >= 0.6 is 0 Å². The minimum atomic E-state index is -4.56. The van der Waals surface area contributed by atoms with Gasteiger partial charge in [0.25, 0.3) is 5.91 Å². The molecule has 0 aliphatic carbocycles. The average Bonchev–Trinajstić information content (AvgIpc) is 2.60. The molecule has 1 saturated heterocycles. The van der Waals surface area contributed by atoms with Gasteiger partial charge in [-0.25, -0.2) is 9.69 Å². The Kier molecular flexibility index (Phi) is 3.90. The Labute approximate surface area is 125 Å². The largest absolute Gasteiger partial charge is 0.416 e. The summed E-state index contributed by atoms with van der Waals surface area (Å²) >= 11 is 0. The molecule has 1 aromatic rings. The highest BCUT2D eigenvalue weighted by Crippen LogP contribution is 2.37. The Hall–Kier alpha value is -2.09. The van der Waals surface area contributed by atoms with E-state index >= 15 is 0 Å². The van der Waals surface area contributed by atoms with Crippen molar-refractivity contribution in [3.05, 3.63) is 29.3 Å². The number of hydrogen-bond acceptors (Lipinski definition) is 3. The molecule has 1 aromatic carbocycles. The molecular weight excluding hydrogens is 301 g/mol. The highest BCUT2D eigenvalue weighted by atomic mass is 19.4. The molecule has 5 nitrogen and oxygen atoms in total. The van der Waals surface area contributed by atoms with Crippen LogP contribution in [0.4, 0.5) is 23.7 Å². The fourth-order valence-electron chi connectivity index (χ4n) is 2.46. The minimum absolute atomic E-state index is 0.0773. The molecule has 120 valence electrons. The normalized spacial score (nSPS) is 22.2. The third-order valence-corrected chi connectivity index (χ3v) is 3.55. The van der Waals surface area contributed by atoms with Crippen molar-refractivity contribution in [3.8, 4) is 0 Å². The first-order valence-corrected chi connectivity index (χ1v) is 6.44. The van der Waals surface area contributed by atoms with Gasteiger partial charge in [0.15, 0.2) is 0 Å². The van der Waals surface area contributed by atoms with Crippen molar-refractivity contribution in [3.63, 3.8) is 0 Å². The molecule has 0 spiro atoms. The van der Waals surface area contributed by atoms with E-state index in [1.54, 1.807) is 0 Å². The summed E-state index contributed by atoms with van der Waals surface area (Å²) in [6, 6.07) is 2.61. The van der Waals surface area contributed by atoms with Gasteiger partial charge in [0.1, 0.15) is 5.54 Å². The predicted octanol–water partition coefficient (Wildman–Crippen LogP) is 2.48. The number of anilines is 1. The van der Waals surface area contributed by atoms with E-state index in [2.05, 4.69) is 5.32 Å². The van der Waals surface area contributed by atoms with Crippen molar-refractivity contribution in [2.45, 2.75) is 25.6 Å². The first-order chi connectivity index (χ1) is 10.1. The molecule has 1 aliphatic heterocycles. The summed E-state index contributed by atoms with van der Waals surface area (Å²) in [7, 11) is 1.36. The van der Waals surface area contributed by atoms with E-state index in [1.807, 2.05) is 0 Å². The van der Waals surface area contributed by atoms with E-state index in [0.29, 0.717) is 0 Å². The number of urea groups is 1. The lowest BCUT2D eigenvalue weighted by Crippen LogP contribution is -2.48. The minimum Gasteiger partial charge on any atom is -0.382 e. The van der Waals surface area contributed by atoms with Crippen LogP contribution in [-0.4, -0.2) is 31.2 Å². The second kappa shape index (κ2) is 5.28. The monoisotopic (exact) mass is 316 g/mol. The third-order valence-electron chi connectivity index (χ3n) is 3.55. The molecule has 0 bridgehead atoms. The van der Waals surface area contributed by atoms with Crippen LogP contribution < -0.4 is 10.2 Å². The first-order valence-electron chi connectivity index (χ1n) is 6.44. The number of amides is 3.